The summed E-state index contributed by atoms with van der Waals surface area (Å²) in [6.07, 6.45) is 1.67. The highest BCUT2D eigenvalue weighted by atomic mass is 35.5. The first-order valence-corrected chi connectivity index (χ1v) is 9.43. The van der Waals surface area contributed by atoms with Crippen LogP contribution in [0.2, 0.25) is 5.02 Å². The van der Waals surface area contributed by atoms with Gasteiger partial charge in [0, 0.05) is 30.9 Å². The minimum absolute atomic E-state index is 0.0828. The van der Waals surface area contributed by atoms with E-state index >= 15 is 0 Å². The van der Waals surface area contributed by atoms with Gasteiger partial charge in [0.1, 0.15) is 5.82 Å². The van der Waals surface area contributed by atoms with Crippen molar-refractivity contribution in [1.29, 1.82) is 0 Å². The van der Waals surface area contributed by atoms with Crippen molar-refractivity contribution in [3.63, 3.8) is 0 Å². The van der Waals surface area contributed by atoms with Crippen LogP contribution in [0.15, 0.2) is 53.5 Å². The molecule has 29 heavy (non-hydrogen) atoms. The van der Waals surface area contributed by atoms with Gasteiger partial charge in [0.2, 0.25) is 0 Å². The van der Waals surface area contributed by atoms with Gasteiger partial charge in [-0.1, -0.05) is 29.8 Å². The normalized spacial score (nSPS) is 12.0. The zero-order chi connectivity index (χ0) is 21.1. The van der Waals surface area contributed by atoms with Crippen LogP contribution in [-0.4, -0.2) is 34.3 Å². The quantitative estimate of drug-likeness (QED) is 0.658. The molecule has 0 radical (unpaired) electrons. The van der Waals surface area contributed by atoms with Gasteiger partial charge in [0.05, 0.1) is 17.7 Å². The predicted molar refractivity (Wildman–Crippen MR) is 112 cm³/mol. The van der Waals surface area contributed by atoms with Crippen LogP contribution >= 0.6 is 11.6 Å². The lowest BCUT2D eigenvalue weighted by Crippen LogP contribution is -2.34. The molecule has 3 rings (SSSR count). The SMILES string of the molecule is CC(c1cn(CCO)c(=O)c2ccccc12)N(C)C(=O)Nc1ccc(F)c(Cl)c1. The first kappa shape index (κ1) is 20.8. The Balaban J connectivity index is 1.94. The minimum atomic E-state index is -0.566. The molecule has 1 unspecified atom stereocenters. The molecule has 2 N–H and O–H groups in total. The number of nitrogens with one attached hydrogen (secondary N) is 1. The van der Waals surface area contributed by atoms with Crippen LogP contribution in [-0.2, 0) is 6.54 Å². The summed E-state index contributed by atoms with van der Waals surface area (Å²) in [7, 11) is 1.63. The number of aliphatic hydroxyl groups excluding tert-OH is 1. The number of pyridine rings is 1. The topological polar surface area (TPSA) is 74.6 Å². The van der Waals surface area contributed by atoms with Crippen LogP contribution in [0, 0.1) is 5.82 Å². The lowest BCUT2D eigenvalue weighted by Gasteiger charge is -2.27. The second kappa shape index (κ2) is 8.63. The van der Waals surface area contributed by atoms with E-state index in [0.29, 0.717) is 11.1 Å². The molecule has 1 atom stereocenters. The molecule has 2 aromatic carbocycles. The summed E-state index contributed by atoms with van der Waals surface area (Å²) in [5.41, 5.74) is 0.942. The number of carbonyl (C=O) groups is 1. The number of nitrogens with zero attached hydrogens (tertiary/aromatic N) is 2. The largest absolute Gasteiger partial charge is 0.395 e. The monoisotopic (exact) mass is 417 g/mol. The Morgan fingerprint density at radius 1 is 1.28 bits per heavy atom. The number of hydrogen-bond acceptors (Lipinski definition) is 3. The third kappa shape index (κ3) is 4.26. The standard InChI is InChI=1S/C21H21ClFN3O3/c1-13(25(2)21(29)24-14-7-8-19(23)18(22)11-14)17-12-26(9-10-27)20(28)16-6-4-3-5-15(16)17/h3-8,11-13,27H,9-10H2,1-2H3,(H,24,29). The van der Waals surface area contributed by atoms with E-state index in [1.54, 1.807) is 25.4 Å². The Morgan fingerprint density at radius 3 is 2.62 bits per heavy atom. The summed E-state index contributed by atoms with van der Waals surface area (Å²) < 4.78 is 14.8. The summed E-state index contributed by atoms with van der Waals surface area (Å²) in [5.74, 6) is -0.566. The van der Waals surface area contributed by atoms with Gasteiger partial charge in [-0.2, -0.15) is 0 Å². The number of fused-ring (bicyclic) bond motifs is 1. The van der Waals surface area contributed by atoms with Crippen molar-refractivity contribution in [1.82, 2.24) is 9.47 Å². The first-order chi connectivity index (χ1) is 13.8. The maximum absolute atomic E-state index is 13.3. The summed E-state index contributed by atoms with van der Waals surface area (Å²) in [4.78, 5) is 26.8. The van der Waals surface area contributed by atoms with E-state index in [9.17, 15) is 19.1 Å². The summed E-state index contributed by atoms with van der Waals surface area (Å²) in [6.45, 7) is 1.83. The van der Waals surface area contributed by atoms with Crippen molar-refractivity contribution in [3.05, 3.63) is 75.4 Å². The van der Waals surface area contributed by atoms with E-state index in [-0.39, 0.29) is 29.8 Å². The van der Waals surface area contributed by atoms with Crippen LogP contribution in [0.3, 0.4) is 0 Å². The molecule has 0 aliphatic heterocycles. The molecule has 2 amide bonds. The number of halogens is 2. The fourth-order valence-electron chi connectivity index (χ4n) is 3.15. The average molecular weight is 418 g/mol. The third-order valence-electron chi connectivity index (χ3n) is 4.89. The van der Waals surface area contributed by atoms with Crippen molar-refractivity contribution >= 4 is 34.1 Å². The van der Waals surface area contributed by atoms with Crippen molar-refractivity contribution in [2.24, 2.45) is 0 Å². The van der Waals surface area contributed by atoms with Gasteiger partial charge in [-0.05, 0) is 42.1 Å². The van der Waals surface area contributed by atoms with Crippen molar-refractivity contribution < 1.29 is 14.3 Å². The van der Waals surface area contributed by atoms with Crippen molar-refractivity contribution in [3.8, 4) is 0 Å². The second-order valence-corrected chi connectivity index (χ2v) is 7.11. The maximum Gasteiger partial charge on any atom is 0.322 e. The predicted octanol–water partition coefficient (Wildman–Crippen LogP) is 4.01. The lowest BCUT2D eigenvalue weighted by atomic mass is 10.0. The van der Waals surface area contributed by atoms with Crippen LogP contribution in [0.4, 0.5) is 14.9 Å². The Bertz CT molecular complexity index is 1120. The Morgan fingerprint density at radius 2 is 1.97 bits per heavy atom. The summed E-state index contributed by atoms with van der Waals surface area (Å²) in [5, 5.41) is 13.1. The van der Waals surface area contributed by atoms with Gasteiger partial charge in [0.25, 0.3) is 5.56 Å². The van der Waals surface area contributed by atoms with E-state index in [1.165, 1.54) is 27.7 Å². The average Bonchev–Trinajstić information content (AvgIpc) is 2.72. The second-order valence-electron chi connectivity index (χ2n) is 6.70. The molecule has 3 aromatic rings. The molecule has 1 aromatic heterocycles. The van der Waals surface area contributed by atoms with Gasteiger partial charge in [-0.15, -0.1) is 0 Å². The number of aromatic nitrogens is 1. The van der Waals surface area contributed by atoms with Gasteiger partial charge in [-0.25, -0.2) is 9.18 Å². The van der Waals surface area contributed by atoms with Crippen LogP contribution in [0.1, 0.15) is 18.5 Å². The number of urea groups is 1. The lowest BCUT2D eigenvalue weighted by molar-refractivity contribution is 0.208. The van der Waals surface area contributed by atoms with Gasteiger partial charge in [-0.3, -0.25) is 4.79 Å². The molecule has 0 saturated carbocycles. The fourth-order valence-corrected chi connectivity index (χ4v) is 3.33. The Kier molecular flexibility index (Phi) is 6.20. The van der Waals surface area contributed by atoms with E-state index in [1.807, 2.05) is 19.1 Å². The molecule has 152 valence electrons. The van der Waals surface area contributed by atoms with Gasteiger partial charge >= 0.3 is 6.03 Å². The zero-order valence-electron chi connectivity index (χ0n) is 16.0. The van der Waals surface area contributed by atoms with E-state index < -0.39 is 11.8 Å². The molecule has 1 heterocycles. The van der Waals surface area contributed by atoms with E-state index in [4.69, 9.17) is 11.6 Å². The van der Waals surface area contributed by atoms with Crippen LogP contribution in [0.25, 0.3) is 10.8 Å². The van der Waals surface area contributed by atoms with Gasteiger partial charge < -0.3 is 19.9 Å². The molecule has 0 aliphatic rings. The van der Waals surface area contributed by atoms with Gasteiger partial charge in [0.15, 0.2) is 0 Å². The molecular formula is C21H21ClFN3O3. The first-order valence-electron chi connectivity index (χ1n) is 9.05. The fraction of sp³-hybridized carbons (Fsp3) is 0.238. The zero-order valence-corrected chi connectivity index (χ0v) is 16.8. The molecule has 8 heteroatoms. The number of anilines is 1. The molecule has 0 bridgehead atoms. The molecule has 6 nitrogen and oxygen atoms in total. The molecule has 0 saturated heterocycles. The number of benzene rings is 2. The maximum atomic E-state index is 13.3. The van der Waals surface area contributed by atoms with E-state index in [0.717, 1.165) is 10.9 Å². The highest BCUT2D eigenvalue weighted by molar-refractivity contribution is 6.31. The third-order valence-corrected chi connectivity index (χ3v) is 5.18. The number of rotatable bonds is 5. The summed E-state index contributed by atoms with van der Waals surface area (Å²) >= 11 is 5.77. The van der Waals surface area contributed by atoms with Crippen LogP contribution < -0.4 is 10.9 Å². The Hall–Kier alpha value is -2.90. The summed E-state index contributed by atoms with van der Waals surface area (Å²) in [6, 6.07) is 10.3. The molecule has 0 fully saturated rings. The minimum Gasteiger partial charge on any atom is -0.395 e. The molecular weight excluding hydrogens is 397 g/mol. The highest BCUT2D eigenvalue weighted by Gasteiger charge is 2.21. The smallest absolute Gasteiger partial charge is 0.322 e. The van der Waals surface area contributed by atoms with E-state index in [2.05, 4.69) is 5.32 Å². The highest BCUT2D eigenvalue weighted by Crippen LogP contribution is 2.27. The van der Waals surface area contributed by atoms with Crippen molar-refractivity contribution in [2.75, 3.05) is 19.0 Å². The number of carbonyl (C=O) groups excluding carboxylic acids is 1. The molecule has 0 aliphatic carbocycles. The van der Waals surface area contributed by atoms with Crippen LogP contribution in [0.5, 0.6) is 0 Å². The van der Waals surface area contributed by atoms with Crippen molar-refractivity contribution in [2.45, 2.75) is 19.5 Å². The molecule has 0 spiro atoms. The Labute approximate surface area is 172 Å². The number of hydrogen-bond donors (Lipinski definition) is 2. The number of aliphatic hydroxyl groups is 1. The number of amides is 2.